The first-order chi connectivity index (χ1) is 12.4. The number of carbonyl (C=O) groups excluding carboxylic acids is 2. The number of H-pyrrole nitrogens is 1. The van der Waals surface area contributed by atoms with Gasteiger partial charge < -0.3 is 14.6 Å². The molecule has 0 saturated carbocycles. The van der Waals surface area contributed by atoms with Gasteiger partial charge in [-0.25, -0.2) is 9.18 Å². The Kier molecular flexibility index (Phi) is 4.40. The fraction of sp³-hybridized carbons (Fsp3) is 0.0556. The smallest absolute Gasteiger partial charge is 0.408 e. The molecular weight excluding hydrogens is 341 g/mol. The van der Waals surface area contributed by atoms with E-state index in [4.69, 9.17) is 4.42 Å². The lowest BCUT2D eigenvalue weighted by atomic mass is 10.1. The van der Waals surface area contributed by atoms with Crippen molar-refractivity contribution in [2.75, 3.05) is 17.3 Å². The molecule has 3 aromatic rings. The molecular formula is C18H14FN3O4. The van der Waals surface area contributed by atoms with E-state index in [1.54, 1.807) is 19.2 Å². The summed E-state index contributed by atoms with van der Waals surface area (Å²) < 4.78 is 18.9. The van der Waals surface area contributed by atoms with Crippen LogP contribution in [-0.4, -0.2) is 23.8 Å². The quantitative estimate of drug-likeness (QED) is 0.704. The van der Waals surface area contributed by atoms with E-state index in [0.717, 1.165) is 6.07 Å². The van der Waals surface area contributed by atoms with Crippen molar-refractivity contribution in [3.05, 3.63) is 71.0 Å². The highest BCUT2D eigenvalue weighted by Gasteiger charge is 2.14. The van der Waals surface area contributed by atoms with Gasteiger partial charge in [-0.1, -0.05) is 6.58 Å². The Morgan fingerprint density at radius 3 is 2.62 bits per heavy atom. The van der Waals surface area contributed by atoms with Crippen molar-refractivity contribution in [2.45, 2.75) is 0 Å². The largest absolute Gasteiger partial charge is 0.417 e. The number of hydrogen-bond acceptors (Lipinski definition) is 4. The van der Waals surface area contributed by atoms with Gasteiger partial charge in [-0.05, 0) is 30.3 Å². The van der Waals surface area contributed by atoms with E-state index in [1.807, 2.05) is 0 Å². The Morgan fingerprint density at radius 2 is 1.96 bits per heavy atom. The van der Waals surface area contributed by atoms with Gasteiger partial charge in [0.2, 0.25) is 5.91 Å². The Labute approximate surface area is 146 Å². The number of fused-ring (bicyclic) bond motifs is 1. The third-order valence-corrected chi connectivity index (χ3v) is 3.78. The molecule has 0 fully saturated rings. The molecule has 1 aromatic heterocycles. The molecule has 0 bridgehead atoms. The molecule has 0 aliphatic rings. The van der Waals surface area contributed by atoms with E-state index < -0.39 is 17.5 Å². The maximum atomic E-state index is 14.1. The van der Waals surface area contributed by atoms with Crippen LogP contribution in [0.4, 0.5) is 15.8 Å². The second-order valence-corrected chi connectivity index (χ2v) is 5.45. The summed E-state index contributed by atoms with van der Waals surface area (Å²) in [5.41, 5.74) is 1.06. The third-order valence-electron chi connectivity index (χ3n) is 3.78. The van der Waals surface area contributed by atoms with Crippen molar-refractivity contribution >= 4 is 34.3 Å². The number of halogens is 1. The number of oxazole rings is 1. The predicted molar refractivity (Wildman–Crippen MR) is 94.8 cm³/mol. The van der Waals surface area contributed by atoms with E-state index in [-0.39, 0.29) is 28.3 Å². The standard InChI is InChI=1S/C18H14FN3O4/c1-3-16(23)22(2)11-6-4-10(5-7-11)17(24)20-13-9-15-14(8-12(13)19)21-18(25)26-15/h3-9H,1H2,2H3,(H,20,24)(H,21,25). The molecule has 3 rings (SSSR count). The van der Waals surface area contributed by atoms with E-state index >= 15 is 0 Å². The van der Waals surface area contributed by atoms with Gasteiger partial charge in [0, 0.05) is 30.4 Å². The van der Waals surface area contributed by atoms with E-state index in [2.05, 4.69) is 16.9 Å². The summed E-state index contributed by atoms with van der Waals surface area (Å²) >= 11 is 0. The molecule has 132 valence electrons. The van der Waals surface area contributed by atoms with Crippen LogP contribution < -0.4 is 16.0 Å². The number of rotatable bonds is 4. The number of nitrogens with one attached hydrogen (secondary N) is 2. The number of benzene rings is 2. The normalized spacial score (nSPS) is 10.5. The minimum atomic E-state index is -0.712. The number of aromatic amines is 1. The van der Waals surface area contributed by atoms with Crippen molar-refractivity contribution in [1.29, 1.82) is 0 Å². The first kappa shape index (κ1) is 17.2. The van der Waals surface area contributed by atoms with Crippen molar-refractivity contribution in [2.24, 2.45) is 0 Å². The number of nitrogens with zero attached hydrogens (tertiary/aromatic N) is 1. The van der Waals surface area contributed by atoms with E-state index in [0.29, 0.717) is 5.69 Å². The molecule has 0 saturated heterocycles. The Hall–Kier alpha value is -3.68. The van der Waals surface area contributed by atoms with Crippen LogP contribution in [0.5, 0.6) is 0 Å². The zero-order valence-electron chi connectivity index (χ0n) is 13.7. The van der Waals surface area contributed by atoms with Gasteiger partial charge in [0.05, 0.1) is 11.2 Å². The molecule has 0 aliphatic heterocycles. The minimum Gasteiger partial charge on any atom is -0.408 e. The molecule has 0 radical (unpaired) electrons. The fourth-order valence-corrected chi connectivity index (χ4v) is 2.36. The number of aromatic nitrogens is 1. The van der Waals surface area contributed by atoms with Gasteiger partial charge in [0.15, 0.2) is 5.58 Å². The van der Waals surface area contributed by atoms with Gasteiger partial charge in [-0.15, -0.1) is 0 Å². The lowest BCUT2D eigenvalue weighted by Gasteiger charge is -2.15. The monoisotopic (exact) mass is 355 g/mol. The number of carbonyl (C=O) groups is 2. The Bertz CT molecular complexity index is 1070. The van der Waals surface area contributed by atoms with Gasteiger partial charge in [-0.2, -0.15) is 0 Å². The topological polar surface area (TPSA) is 95.4 Å². The van der Waals surface area contributed by atoms with Crippen LogP contribution in [-0.2, 0) is 4.79 Å². The lowest BCUT2D eigenvalue weighted by molar-refractivity contribution is -0.113. The molecule has 26 heavy (non-hydrogen) atoms. The van der Waals surface area contributed by atoms with Gasteiger partial charge in [-0.3, -0.25) is 14.6 Å². The predicted octanol–water partition coefficient (Wildman–Crippen LogP) is 2.66. The molecule has 2 N–H and O–H groups in total. The number of anilines is 2. The molecule has 1 heterocycles. The molecule has 0 unspecified atom stereocenters. The van der Waals surface area contributed by atoms with Crippen LogP contribution in [0.1, 0.15) is 10.4 Å². The van der Waals surface area contributed by atoms with E-state index in [9.17, 15) is 18.8 Å². The second kappa shape index (κ2) is 6.67. The van der Waals surface area contributed by atoms with E-state index in [1.165, 1.54) is 29.2 Å². The second-order valence-electron chi connectivity index (χ2n) is 5.45. The molecule has 2 aromatic carbocycles. The number of amides is 2. The first-order valence-electron chi connectivity index (χ1n) is 7.53. The minimum absolute atomic E-state index is 0.117. The summed E-state index contributed by atoms with van der Waals surface area (Å²) in [5, 5.41) is 2.42. The fourth-order valence-electron chi connectivity index (χ4n) is 2.36. The third kappa shape index (κ3) is 3.25. The van der Waals surface area contributed by atoms with Crippen LogP contribution in [0.15, 0.2) is 58.3 Å². The van der Waals surface area contributed by atoms with Crippen molar-refractivity contribution in [3.63, 3.8) is 0 Å². The molecule has 8 heteroatoms. The Morgan fingerprint density at radius 1 is 1.27 bits per heavy atom. The summed E-state index contributed by atoms with van der Waals surface area (Å²) in [6.45, 7) is 3.41. The Balaban J connectivity index is 1.82. The first-order valence-corrected chi connectivity index (χ1v) is 7.53. The highest BCUT2D eigenvalue weighted by molar-refractivity contribution is 6.06. The maximum absolute atomic E-state index is 14.1. The zero-order chi connectivity index (χ0) is 18.8. The zero-order valence-corrected chi connectivity index (χ0v) is 13.7. The van der Waals surface area contributed by atoms with Gasteiger partial charge >= 0.3 is 5.76 Å². The summed E-state index contributed by atoms with van der Waals surface area (Å²) in [4.78, 5) is 38.7. The summed E-state index contributed by atoms with van der Waals surface area (Å²) in [5.74, 6) is -2.26. The van der Waals surface area contributed by atoms with Crippen LogP contribution in [0, 0.1) is 5.82 Å². The van der Waals surface area contributed by atoms with Gasteiger partial charge in [0.25, 0.3) is 5.91 Å². The van der Waals surface area contributed by atoms with Gasteiger partial charge in [0.1, 0.15) is 5.82 Å². The lowest BCUT2D eigenvalue weighted by Crippen LogP contribution is -2.23. The molecule has 0 spiro atoms. The summed E-state index contributed by atoms with van der Waals surface area (Å²) in [6.07, 6.45) is 1.18. The summed E-state index contributed by atoms with van der Waals surface area (Å²) in [6, 6.07) is 8.47. The number of hydrogen-bond donors (Lipinski definition) is 2. The van der Waals surface area contributed by atoms with Crippen LogP contribution in [0.25, 0.3) is 11.1 Å². The molecule has 0 atom stereocenters. The average molecular weight is 355 g/mol. The van der Waals surface area contributed by atoms with Crippen LogP contribution in [0.2, 0.25) is 0 Å². The molecule has 0 aliphatic carbocycles. The van der Waals surface area contributed by atoms with Crippen LogP contribution >= 0.6 is 0 Å². The number of likely N-dealkylation sites (N-methyl/N-ethyl adjacent to an activating group) is 1. The highest BCUT2D eigenvalue weighted by atomic mass is 19.1. The SMILES string of the molecule is C=CC(=O)N(C)c1ccc(C(=O)Nc2cc3oc(=O)[nH]c3cc2F)cc1. The molecule has 7 nitrogen and oxygen atoms in total. The highest BCUT2D eigenvalue weighted by Crippen LogP contribution is 2.22. The maximum Gasteiger partial charge on any atom is 0.417 e. The molecule has 2 amide bonds. The van der Waals surface area contributed by atoms with Crippen molar-refractivity contribution in [3.8, 4) is 0 Å². The average Bonchev–Trinajstić information content (AvgIpc) is 2.99. The van der Waals surface area contributed by atoms with Crippen molar-refractivity contribution in [1.82, 2.24) is 4.98 Å². The van der Waals surface area contributed by atoms with Crippen LogP contribution in [0.3, 0.4) is 0 Å². The van der Waals surface area contributed by atoms with Crippen molar-refractivity contribution < 1.29 is 18.4 Å². The summed E-state index contributed by atoms with van der Waals surface area (Å²) in [7, 11) is 1.58.